The maximum atomic E-state index is 12.1. The lowest BCUT2D eigenvalue weighted by atomic mass is 9.86. The number of nitrogens with one attached hydrogen (secondary N) is 1. The number of rotatable bonds is 4. The molecule has 1 unspecified atom stereocenters. The minimum Gasteiger partial charge on any atom is -0.444 e. The molecule has 1 aromatic carbocycles. The fourth-order valence-electron chi connectivity index (χ4n) is 3.42. The van der Waals surface area contributed by atoms with Crippen LogP contribution in [0.4, 0.5) is 10.5 Å². The molecule has 3 saturated heterocycles. The summed E-state index contributed by atoms with van der Waals surface area (Å²) in [5.74, 6) is 0.548. The normalized spacial score (nSPS) is 27.4. The second kappa shape index (κ2) is 6.48. The summed E-state index contributed by atoms with van der Waals surface area (Å²) in [5.41, 5.74) is 2.07. The van der Waals surface area contributed by atoms with E-state index in [0.29, 0.717) is 5.92 Å². The number of anilines is 1. The van der Waals surface area contributed by atoms with Crippen molar-refractivity contribution in [2.45, 2.75) is 38.7 Å². The smallest absolute Gasteiger partial charge is 0.411 e. The molecule has 4 heteroatoms. The average Bonchev–Trinajstić information content (AvgIpc) is 2.49. The number of benzene rings is 1. The molecule has 1 N–H and O–H groups in total. The van der Waals surface area contributed by atoms with Crippen molar-refractivity contribution in [3.05, 3.63) is 29.8 Å². The second-order valence-electron chi connectivity index (χ2n) is 6.16. The molecule has 1 amide bonds. The molecule has 2 bridgehead atoms. The third-order valence-corrected chi connectivity index (χ3v) is 4.57. The van der Waals surface area contributed by atoms with Gasteiger partial charge in [-0.3, -0.25) is 10.2 Å². The number of carbonyl (C=O) groups is 1. The van der Waals surface area contributed by atoms with Crippen molar-refractivity contribution in [3.63, 3.8) is 0 Å². The van der Waals surface area contributed by atoms with Gasteiger partial charge in [0, 0.05) is 12.2 Å². The predicted octanol–water partition coefficient (Wildman–Crippen LogP) is 3.28. The molecule has 1 aromatic rings. The third kappa shape index (κ3) is 3.56. The molecule has 1 atom stereocenters. The highest BCUT2D eigenvalue weighted by Crippen LogP contribution is 2.29. The van der Waals surface area contributed by atoms with Crippen LogP contribution in [0.5, 0.6) is 0 Å². The van der Waals surface area contributed by atoms with Crippen LogP contribution in [-0.4, -0.2) is 36.7 Å². The van der Waals surface area contributed by atoms with Crippen molar-refractivity contribution in [3.8, 4) is 0 Å². The third-order valence-electron chi connectivity index (χ3n) is 4.57. The summed E-state index contributed by atoms with van der Waals surface area (Å²) in [5, 5.41) is 2.87. The summed E-state index contributed by atoms with van der Waals surface area (Å²) in [6.45, 7) is 5.37. The Bertz CT molecular complexity index is 495. The molecule has 3 fully saturated rings. The van der Waals surface area contributed by atoms with Crippen LogP contribution < -0.4 is 5.32 Å². The Morgan fingerprint density at radius 1 is 1.38 bits per heavy atom. The molecule has 4 nitrogen and oxygen atoms in total. The monoisotopic (exact) mass is 288 g/mol. The fourth-order valence-corrected chi connectivity index (χ4v) is 3.42. The van der Waals surface area contributed by atoms with E-state index in [0.717, 1.165) is 51.0 Å². The van der Waals surface area contributed by atoms with Gasteiger partial charge >= 0.3 is 6.09 Å². The summed E-state index contributed by atoms with van der Waals surface area (Å²) in [6.07, 6.45) is 4.19. The van der Waals surface area contributed by atoms with Crippen molar-refractivity contribution in [1.82, 2.24) is 4.90 Å². The number of carbonyl (C=O) groups excluding carboxylic acids is 1. The van der Waals surface area contributed by atoms with Crippen molar-refractivity contribution >= 4 is 11.8 Å². The number of hydrogen-bond donors (Lipinski definition) is 1. The van der Waals surface area contributed by atoms with Gasteiger partial charge in [-0.1, -0.05) is 25.5 Å². The molecule has 3 heterocycles. The van der Waals surface area contributed by atoms with Crippen LogP contribution in [0.25, 0.3) is 0 Å². The molecule has 114 valence electrons. The summed E-state index contributed by atoms with van der Waals surface area (Å²) < 4.78 is 5.64. The fraction of sp³-hybridized carbons (Fsp3) is 0.588. The number of amides is 1. The minimum atomic E-state index is -0.317. The molecular weight excluding hydrogens is 264 g/mol. The standard InChI is InChI=1S/C17H24N2O2/c1-2-4-13-5-3-6-15(11-13)18-17(20)21-16-12-19-9-7-14(16)8-10-19/h3,5-6,11,14,16H,2,4,7-10,12H2,1H3,(H,18,20). The number of hydrogen-bond acceptors (Lipinski definition) is 3. The van der Waals surface area contributed by atoms with Crippen molar-refractivity contribution in [2.75, 3.05) is 25.0 Å². The maximum absolute atomic E-state index is 12.1. The van der Waals surface area contributed by atoms with Crippen LogP contribution in [0.1, 0.15) is 31.7 Å². The lowest BCUT2D eigenvalue weighted by molar-refractivity contribution is -0.0289. The summed E-state index contributed by atoms with van der Waals surface area (Å²) in [6, 6.07) is 8.01. The molecule has 0 spiro atoms. The van der Waals surface area contributed by atoms with Gasteiger partial charge < -0.3 is 4.74 Å². The molecule has 21 heavy (non-hydrogen) atoms. The first kappa shape index (κ1) is 14.4. The van der Waals surface area contributed by atoms with Crippen LogP contribution in [0.3, 0.4) is 0 Å². The van der Waals surface area contributed by atoms with Gasteiger partial charge in [-0.2, -0.15) is 0 Å². The SMILES string of the molecule is CCCc1cccc(NC(=O)OC2CN3CCC2CC3)c1. The van der Waals surface area contributed by atoms with Crippen molar-refractivity contribution < 1.29 is 9.53 Å². The highest BCUT2D eigenvalue weighted by Gasteiger charge is 2.36. The van der Waals surface area contributed by atoms with E-state index < -0.39 is 0 Å². The van der Waals surface area contributed by atoms with Gasteiger partial charge in [0.1, 0.15) is 6.10 Å². The Hall–Kier alpha value is -1.55. The maximum Gasteiger partial charge on any atom is 0.411 e. The van der Waals surface area contributed by atoms with Crippen molar-refractivity contribution in [2.24, 2.45) is 5.92 Å². The largest absolute Gasteiger partial charge is 0.444 e. The molecule has 0 saturated carbocycles. The lowest BCUT2D eigenvalue weighted by Crippen LogP contribution is -2.52. The van der Waals surface area contributed by atoms with E-state index >= 15 is 0 Å². The molecule has 4 rings (SSSR count). The van der Waals surface area contributed by atoms with Gasteiger partial charge in [0.05, 0.1) is 0 Å². The van der Waals surface area contributed by atoms with Gasteiger partial charge in [0.15, 0.2) is 0 Å². The van der Waals surface area contributed by atoms with E-state index in [-0.39, 0.29) is 12.2 Å². The zero-order chi connectivity index (χ0) is 14.7. The van der Waals surface area contributed by atoms with Crippen molar-refractivity contribution in [1.29, 1.82) is 0 Å². The summed E-state index contributed by atoms with van der Waals surface area (Å²) in [7, 11) is 0. The number of aryl methyl sites for hydroxylation is 1. The van der Waals surface area contributed by atoms with Gasteiger partial charge in [0.2, 0.25) is 0 Å². The van der Waals surface area contributed by atoms with Crippen LogP contribution >= 0.6 is 0 Å². The highest BCUT2D eigenvalue weighted by molar-refractivity contribution is 5.84. The Balaban J connectivity index is 1.55. The Morgan fingerprint density at radius 2 is 2.19 bits per heavy atom. The van der Waals surface area contributed by atoms with E-state index in [1.165, 1.54) is 5.56 Å². The molecule has 3 aliphatic rings. The number of piperidine rings is 3. The molecular formula is C17H24N2O2. The minimum absolute atomic E-state index is 0.0614. The Morgan fingerprint density at radius 3 is 2.86 bits per heavy atom. The average molecular weight is 288 g/mol. The first-order valence-electron chi connectivity index (χ1n) is 8.03. The van der Waals surface area contributed by atoms with Gasteiger partial charge in [-0.05, 0) is 56.0 Å². The molecule has 0 radical (unpaired) electrons. The molecule has 0 aliphatic carbocycles. The molecule has 0 aromatic heterocycles. The summed E-state index contributed by atoms with van der Waals surface area (Å²) >= 11 is 0. The predicted molar refractivity (Wildman–Crippen MR) is 83.5 cm³/mol. The lowest BCUT2D eigenvalue weighted by Gasteiger charge is -2.43. The van der Waals surface area contributed by atoms with E-state index in [1.807, 2.05) is 18.2 Å². The van der Waals surface area contributed by atoms with Gasteiger partial charge in [-0.15, -0.1) is 0 Å². The number of fused-ring (bicyclic) bond motifs is 3. The Labute approximate surface area is 126 Å². The van der Waals surface area contributed by atoms with Crippen LogP contribution in [-0.2, 0) is 11.2 Å². The zero-order valence-corrected chi connectivity index (χ0v) is 12.7. The zero-order valence-electron chi connectivity index (χ0n) is 12.7. The van der Waals surface area contributed by atoms with Crippen LogP contribution in [0.2, 0.25) is 0 Å². The van der Waals surface area contributed by atoms with Crippen LogP contribution in [0, 0.1) is 5.92 Å². The van der Waals surface area contributed by atoms with Gasteiger partial charge in [0.25, 0.3) is 0 Å². The van der Waals surface area contributed by atoms with E-state index in [2.05, 4.69) is 23.2 Å². The second-order valence-corrected chi connectivity index (χ2v) is 6.16. The van der Waals surface area contributed by atoms with Crippen LogP contribution in [0.15, 0.2) is 24.3 Å². The number of nitrogens with zero attached hydrogens (tertiary/aromatic N) is 1. The van der Waals surface area contributed by atoms with E-state index in [1.54, 1.807) is 0 Å². The summed E-state index contributed by atoms with van der Waals surface area (Å²) in [4.78, 5) is 14.5. The quantitative estimate of drug-likeness (QED) is 0.924. The molecule has 3 aliphatic heterocycles. The van der Waals surface area contributed by atoms with Gasteiger partial charge in [-0.25, -0.2) is 4.79 Å². The Kier molecular flexibility index (Phi) is 4.44. The first-order chi connectivity index (χ1) is 10.2. The topological polar surface area (TPSA) is 41.6 Å². The van der Waals surface area contributed by atoms with E-state index in [4.69, 9.17) is 4.74 Å². The first-order valence-corrected chi connectivity index (χ1v) is 8.03. The van der Waals surface area contributed by atoms with E-state index in [9.17, 15) is 4.79 Å². The number of ether oxygens (including phenoxy) is 1. The highest BCUT2D eigenvalue weighted by atomic mass is 16.6.